The van der Waals surface area contributed by atoms with Crippen molar-refractivity contribution in [1.29, 1.82) is 0 Å². The first kappa shape index (κ1) is 12.2. The molecule has 3 rings (SSSR count). The molecule has 1 aromatic heterocycles. The van der Waals surface area contributed by atoms with Crippen molar-refractivity contribution in [3.63, 3.8) is 0 Å². The lowest BCUT2D eigenvalue weighted by atomic mass is 9.82. The quantitative estimate of drug-likeness (QED) is 0.818. The zero-order valence-corrected chi connectivity index (χ0v) is 11.2. The lowest BCUT2D eigenvalue weighted by molar-refractivity contribution is 0.292. The second-order valence-corrected chi connectivity index (χ2v) is 5.94. The first-order valence-electron chi connectivity index (χ1n) is 7.55. The molecular formula is C15H24N2O. The van der Waals surface area contributed by atoms with E-state index in [1.54, 1.807) is 0 Å². The molecule has 0 unspecified atom stereocenters. The minimum Gasteiger partial charge on any atom is -0.445 e. The van der Waals surface area contributed by atoms with Gasteiger partial charge in [0.2, 0.25) is 0 Å². The molecule has 0 saturated heterocycles. The number of aromatic nitrogens is 1. The number of fused-ring (bicyclic) bond motifs is 1. The van der Waals surface area contributed by atoms with Gasteiger partial charge in [0, 0.05) is 12.3 Å². The predicted octanol–water partition coefficient (Wildman–Crippen LogP) is 3.18. The predicted molar refractivity (Wildman–Crippen MR) is 71.5 cm³/mol. The van der Waals surface area contributed by atoms with Crippen LogP contribution in [-0.4, -0.2) is 11.5 Å². The molecule has 0 amide bonds. The zero-order valence-electron chi connectivity index (χ0n) is 11.2. The fourth-order valence-corrected chi connectivity index (χ4v) is 3.37. The van der Waals surface area contributed by atoms with Crippen molar-refractivity contribution < 1.29 is 4.42 Å². The van der Waals surface area contributed by atoms with Gasteiger partial charge in [0.15, 0.2) is 5.89 Å². The number of rotatable bonds is 2. The molecule has 1 fully saturated rings. The molecule has 0 aliphatic heterocycles. The molecule has 3 heteroatoms. The highest BCUT2D eigenvalue weighted by atomic mass is 16.4. The number of hydrogen-bond acceptors (Lipinski definition) is 3. The van der Waals surface area contributed by atoms with Crippen LogP contribution in [0, 0.1) is 5.92 Å². The second-order valence-electron chi connectivity index (χ2n) is 5.94. The van der Waals surface area contributed by atoms with Crippen molar-refractivity contribution in [3.05, 3.63) is 17.3 Å². The summed E-state index contributed by atoms with van der Waals surface area (Å²) in [5.41, 5.74) is 7.00. The third-order valence-corrected chi connectivity index (χ3v) is 4.64. The average Bonchev–Trinajstić information content (AvgIpc) is 2.70. The van der Waals surface area contributed by atoms with Gasteiger partial charge >= 0.3 is 0 Å². The molecule has 2 aliphatic carbocycles. The number of aryl methyl sites for hydroxylation is 2. The van der Waals surface area contributed by atoms with E-state index >= 15 is 0 Å². The summed E-state index contributed by atoms with van der Waals surface area (Å²) in [7, 11) is 0. The van der Waals surface area contributed by atoms with Gasteiger partial charge in [-0.15, -0.1) is 0 Å². The summed E-state index contributed by atoms with van der Waals surface area (Å²) in [4.78, 5) is 4.79. The maximum Gasteiger partial charge on any atom is 0.197 e. The van der Waals surface area contributed by atoms with Crippen LogP contribution in [0.5, 0.6) is 0 Å². The van der Waals surface area contributed by atoms with E-state index in [0.29, 0.717) is 5.92 Å². The van der Waals surface area contributed by atoms with Gasteiger partial charge in [-0.2, -0.15) is 0 Å². The summed E-state index contributed by atoms with van der Waals surface area (Å²) in [5.74, 6) is 3.49. The molecule has 1 aromatic rings. The maximum absolute atomic E-state index is 6.05. The molecule has 2 aliphatic rings. The first-order valence-corrected chi connectivity index (χ1v) is 7.55. The van der Waals surface area contributed by atoms with Crippen LogP contribution in [0.3, 0.4) is 0 Å². The SMILES string of the molecule is NCC1CCC(c2nc3c(o2)CCCCC3)CC1. The maximum atomic E-state index is 6.05. The average molecular weight is 248 g/mol. The van der Waals surface area contributed by atoms with Gasteiger partial charge < -0.3 is 10.2 Å². The molecule has 18 heavy (non-hydrogen) atoms. The normalized spacial score (nSPS) is 28.7. The Labute approximate surface area is 109 Å². The van der Waals surface area contributed by atoms with Crippen molar-refractivity contribution in [3.8, 4) is 0 Å². The summed E-state index contributed by atoms with van der Waals surface area (Å²) in [6.45, 7) is 0.842. The van der Waals surface area contributed by atoms with E-state index in [1.165, 1.54) is 56.4 Å². The molecule has 0 bridgehead atoms. The van der Waals surface area contributed by atoms with Crippen molar-refractivity contribution in [2.45, 2.75) is 63.7 Å². The number of oxazole rings is 1. The minimum atomic E-state index is 0.555. The Morgan fingerprint density at radius 3 is 2.61 bits per heavy atom. The van der Waals surface area contributed by atoms with E-state index in [2.05, 4.69) is 0 Å². The summed E-state index contributed by atoms with van der Waals surface area (Å²) in [5, 5.41) is 0. The molecule has 0 aromatic carbocycles. The van der Waals surface area contributed by atoms with Gasteiger partial charge in [-0.3, -0.25) is 0 Å². The van der Waals surface area contributed by atoms with Gasteiger partial charge in [-0.1, -0.05) is 6.42 Å². The standard InChI is InChI=1S/C15H24N2O/c16-10-11-6-8-12(9-7-11)15-17-13-4-2-1-3-5-14(13)18-15/h11-12H,1-10,16H2. The van der Waals surface area contributed by atoms with Crippen molar-refractivity contribution in [2.24, 2.45) is 11.7 Å². The highest BCUT2D eigenvalue weighted by molar-refractivity contribution is 5.14. The minimum absolute atomic E-state index is 0.555. The molecule has 1 saturated carbocycles. The summed E-state index contributed by atoms with van der Waals surface area (Å²) >= 11 is 0. The fourth-order valence-electron chi connectivity index (χ4n) is 3.37. The molecule has 0 spiro atoms. The summed E-state index contributed by atoms with van der Waals surface area (Å²) < 4.78 is 6.05. The van der Waals surface area contributed by atoms with Gasteiger partial charge in [0.05, 0.1) is 5.69 Å². The Balaban J connectivity index is 1.70. The van der Waals surface area contributed by atoms with Crippen molar-refractivity contribution >= 4 is 0 Å². The fraction of sp³-hybridized carbons (Fsp3) is 0.800. The van der Waals surface area contributed by atoms with E-state index in [9.17, 15) is 0 Å². The van der Waals surface area contributed by atoms with Gasteiger partial charge in [0.25, 0.3) is 0 Å². The molecule has 2 N–H and O–H groups in total. The Kier molecular flexibility index (Phi) is 3.69. The molecule has 0 atom stereocenters. The van der Waals surface area contributed by atoms with E-state index in [4.69, 9.17) is 15.1 Å². The van der Waals surface area contributed by atoms with Crippen LogP contribution in [0.4, 0.5) is 0 Å². The smallest absolute Gasteiger partial charge is 0.197 e. The number of hydrogen-bond donors (Lipinski definition) is 1. The second kappa shape index (κ2) is 5.43. The van der Waals surface area contributed by atoms with Gasteiger partial charge in [-0.05, 0) is 57.4 Å². The third-order valence-electron chi connectivity index (χ3n) is 4.64. The Hall–Kier alpha value is -0.830. The van der Waals surface area contributed by atoms with Crippen LogP contribution in [0.15, 0.2) is 4.42 Å². The van der Waals surface area contributed by atoms with Crippen LogP contribution in [-0.2, 0) is 12.8 Å². The van der Waals surface area contributed by atoms with Crippen LogP contribution >= 0.6 is 0 Å². The highest BCUT2D eigenvalue weighted by Gasteiger charge is 2.26. The lowest BCUT2D eigenvalue weighted by Crippen LogP contribution is -2.20. The van der Waals surface area contributed by atoms with E-state index in [1.807, 2.05) is 0 Å². The van der Waals surface area contributed by atoms with E-state index in [0.717, 1.165) is 31.2 Å². The first-order chi connectivity index (χ1) is 8.86. The van der Waals surface area contributed by atoms with Crippen LogP contribution < -0.4 is 5.73 Å². The molecule has 3 nitrogen and oxygen atoms in total. The van der Waals surface area contributed by atoms with E-state index in [-0.39, 0.29) is 0 Å². The molecule has 0 radical (unpaired) electrons. The monoisotopic (exact) mass is 248 g/mol. The van der Waals surface area contributed by atoms with Gasteiger partial charge in [-0.25, -0.2) is 4.98 Å². The van der Waals surface area contributed by atoms with Crippen molar-refractivity contribution in [2.75, 3.05) is 6.54 Å². The van der Waals surface area contributed by atoms with Crippen molar-refractivity contribution in [1.82, 2.24) is 4.98 Å². The van der Waals surface area contributed by atoms with Crippen LogP contribution in [0.2, 0.25) is 0 Å². The van der Waals surface area contributed by atoms with E-state index < -0.39 is 0 Å². The number of nitrogens with zero attached hydrogens (tertiary/aromatic N) is 1. The Morgan fingerprint density at radius 2 is 1.83 bits per heavy atom. The largest absolute Gasteiger partial charge is 0.445 e. The third kappa shape index (κ3) is 2.46. The molecule has 100 valence electrons. The topological polar surface area (TPSA) is 52.0 Å². The van der Waals surface area contributed by atoms with Crippen LogP contribution in [0.1, 0.15) is 68.2 Å². The van der Waals surface area contributed by atoms with Crippen LogP contribution in [0.25, 0.3) is 0 Å². The summed E-state index contributed by atoms with van der Waals surface area (Å²) in [6.07, 6.45) is 11.0. The summed E-state index contributed by atoms with van der Waals surface area (Å²) in [6, 6.07) is 0. The Morgan fingerprint density at radius 1 is 1.06 bits per heavy atom. The lowest BCUT2D eigenvalue weighted by Gasteiger charge is -2.25. The zero-order chi connectivity index (χ0) is 12.4. The molecular weight excluding hydrogens is 224 g/mol. The highest BCUT2D eigenvalue weighted by Crippen LogP contribution is 2.36. The Bertz CT molecular complexity index is 368. The number of nitrogens with two attached hydrogens (primary N) is 1. The van der Waals surface area contributed by atoms with Gasteiger partial charge in [0.1, 0.15) is 5.76 Å². The molecule has 1 heterocycles.